The molecule has 1 saturated carbocycles. The number of hydrogen-bond acceptors (Lipinski definition) is 5. The van der Waals surface area contributed by atoms with Crippen LogP contribution in [0.2, 0.25) is 0 Å². The topological polar surface area (TPSA) is 76.0 Å². The molecular weight excluding hydrogens is 378 g/mol. The first kappa shape index (κ1) is 19.3. The van der Waals surface area contributed by atoms with Gasteiger partial charge in [-0.05, 0) is 24.8 Å². The Hall–Kier alpha value is -2.67. The minimum Gasteiger partial charge on any atom is -0.496 e. The molecule has 0 bridgehead atoms. The van der Waals surface area contributed by atoms with Crippen LogP contribution in [0.25, 0.3) is 11.0 Å². The summed E-state index contributed by atoms with van der Waals surface area (Å²) in [5.41, 5.74) is 1.86. The second-order valence-corrected chi connectivity index (χ2v) is 8.81. The van der Waals surface area contributed by atoms with Gasteiger partial charge in [0.25, 0.3) is 5.56 Å². The molecule has 0 spiro atoms. The summed E-state index contributed by atoms with van der Waals surface area (Å²) in [7, 11) is 1.71. The number of H-pyrrole nitrogens is 1. The Morgan fingerprint density at radius 1 is 1.20 bits per heavy atom. The zero-order chi connectivity index (χ0) is 20.7. The third kappa shape index (κ3) is 3.41. The molecule has 1 N–H and O–H groups in total. The largest absolute Gasteiger partial charge is 0.496 e. The van der Waals surface area contributed by atoms with E-state index >= 15 is 0 Å². The summed E-state index contributed by atoms with van der Waals surface area (Å²) in [6.07, 6.45) is 6.36. The molecule has 5 rings (SSSR count). The summed E-state index contributed by atoms with van der Waals surface area (Å²) < 4.78 is 7.51. The fourth-order valence-corrected chi connectivity index (χ4v) is 5.17. The molecule has 2 fully saturated rings. The highest BCUT2D eigenvalue weighted by molar-refractivity contribution is 5.73. The quantitative estimate of drug-likeness (QED) is 0.701. The van der Waals surface area contributed by atoms with Gasteiger partial charge < -0.3 is 9.72 Å². The van der Waals surface area contributed by atoms with E-state index in [1.807, 2.05) is 22.9 Å². The SMILES string of the molecule is COc1ccccc1CN1C[C@@H](C)[C@H](c2nc3c(cnn3C3CCCC3)c(=O)[nH]2)C1. The molecule has 0 radical (unpaired) electrons. The Labute approximate surface area is 176 Å². The van der Waals surface area contributed by atoms with Gasteiger partial charge in [0, 0.05) is 31.1 Å². The number of methoxy groups -OCH3 is 1. The molecule has 2 aromatic heterocycles. The van der Waals surface area contributed by atoms with Crippen molar-refractivity contribution in [2.75, 3.05) is 20.2 Å². The first-order valence-electron chi connectivity index (χ1n) is 11.0. The van der Waals surface area contributed by atoms with Crippen LogP contribution in [-0.4, -0.2) is 44.8 Å². The predicted molar refractivity (Wildman–Crippen MR) is 116 cm³/mol. The molecule has 0 amide bonds. The molecule has 1 aliphatic heterocycles. The predicted octanol–water partition coefficient (Wildman–Crippen LogP) is 3.48. The maximum absolute atomic E-state index is 12.8. The van der Waals surface area contributed by atoms with E-state index in [4.69, 9.17) is 9.72 Å². The molecule has 158 valence electrons. The van der Waals surface area contributed by atoms with Gasteiger partial charge >= 0.3 is 0 Å². The molecular formula is C23H29N5O2. The van der Waals surface area contributed by atoms with Crippen LogP contribution < -0.4 is 10.3 Å². The Kier molecular flexibility index (Phi) is 5.06. The minimum atomic E-state index is -0.0744. The molecule has 0 unspecified atom stereocenters. The monoisotopic (exact) mass is 407 g/mol. The van der Waals surface area contributed by atoms with E-state index in [9.17, 15) is 4.79 Å². The van der Waals surface area contributed by atoms with Crippen LogP contribution >= 0.6 is 0 Å². The van der Waals surface area contributed by atoms with Crippen molar-refractivity contribution in [2.24, 2.45) is 5.92 Å². The third-order valence-corrected chi connectivity index (χ3v) is 6.78. The van der Waals surface area contributed by atoms with E-state index in [1.165, 1.54) is 18.4 Å². The molecule has 7 heteroatoms. The third-order valence-electron chi connectivity index (χ3n) is 6.78. The van der Waals surface area contributed by atoms with Crippen LogP contribution in [0.15, 0.2) is 35.3 Å². The number of ether oxygens (including phenoxy) is 1. The summed E-state index contributed by atoms with van der Waals surface area (Å²) >= 11 is 0. The second kappa shape index (κ2) is 7.87. The molecule has 2 atom stereocenters. The highest BCUT2D eigenvalue weighted by Gasteiger charge is 2.33. The van der Waals surface area contributed by atoms with Gasteiger partial charge in [0.05, 0.1) is 19.3 Å². The van der Waals surface area contributed by atoms with Crippen molar-refractivity contribution in [3.8, 4) is 5.75 Å². The summed E-state index contributed by atoms with van der Waals surface area (Å²) in [5, 5.41) is 5.12. The Balaban J connectivity index is 1.42. The zero-order valence-corrected chi connectivity index (χ0v) is 17.7. The van der Waals surface area contributed by atoms with E-state index in [0.717, 1.165) is 49.7 Å². The van der Waals surface area contributed by atoms with Crippen molar-refractivity contribution < 1.29 is 4.74 Å². The van der Waals surface area contributed by atoms with Crippen LogP contribution in [0.5, 0.6) is 5.75 Å². The number of likely N-dealkylation sites (tertiary alicyclic amines) is 1. The van der Waals surface area contributed by atoms with E-state index in [0.29, 0.717) is 17.3 Å². The summed E-state index contributed by atoms with van der Waals surface area (Å²) in [6.45, 7) is 4.90. The lowest BCUT2D eigenvalue weighted by atomic mass is 9.97. The van der Waals surface area contributed by atoms with E-state index in [1.54, 1.807) is 13.3 Å². The van der Waals surface area contributed by atoms with E-state index < -0.39 is 0 Å². The van der Waals surface area contributed by atoms with Gasteiger partial charge in [-0.1, -0.05) is 38.0 Å². The molecule has 30 heavy (non-hydrogen) atoms. The fourth-order valence-electron chi connectivity index (χ4n) is 5.17. The maximum Gasteiger partial charge on any atom is 0.262 e. The Bertz CT molecular complexity index is 1100. The van der Waals surface area contributed by atoms with Gasteiger partial charge in [-0.2, -0.15) is 5.10 Å². The van der Waals surface area contributed by atoms with Crippen molar-refractivity contribution in [2.45, 2.75) is 51.1 Å². The molecule has 1 aliphatic carbocycles. The lowest BCUT2D eigenvalue weighted by molar-refractivity contribution is 0.309. The minimum absolute atomic E-state index is 0.0744. The van der Waals surface area contributed by atoms with E-state index in [-0.39, 0.29) is 11.5 Å². The maximum atomic E-state index is 12.8. The van der Waals surface area contributed by atoms with Crippen LogP contribution in [0.4, 0.5) is 0 Å². The molecule has 2 aliphatic rings. The number of aromatic amines is 1. The first-order chi connectivity index (χ1) is 14.6. The second-order valence-electron chi connectivity index (χ2n) is 8.81. The van der Waals surface area contributed by atoms with Gasteiger partial charge in [0.2, 0.25) is 0 Å². The number of benzene rings is 1. The number of hydrogen-bond donors (Lipinski definition) is 1. The number of rotatable bonds is 5. The number of para-hydroxylation sites is 1. The molecule has 3 aromatic rings. The standard InChI is InChI=1S/C23H29N5O2/c1-15-12-27(13-16-7-3-6-10-20(16)30-2)14-19(15)21-25-22-18(23(29)26-21)11-24-28(22)17-8-4-5-9-17/h3,6-7,10-11,15,17,19H,4-5,8-9,12-14H2,1-2H3,(H,25,26,29)/t15-,19-/m1/s1. The normalized spacial score (nSPS) is 22.9. The van der Waals surface area contributed by atoms with Gasteiger partial charge in [-0.25, -0.2) is 9.67 Å². The number of aromatic nitrogens is 4. The first-order valence-corrected chi connectivity index (χ1v) is 11.0. The van der Waals surface area contributed by atoms with Gasteiger partial charge in [0.1, 0.15) is 17.0 Å². The van der Waals surface area contributed by atoms with Crippen molar-refractivity contribution in [1.82, 2.24) is 24.6 Å². The average molecular weight is 408 g/mol. The van der Waals surface area contributed by atoms with Gasteiger partial charge in [-0.3, -0.25) is 9.69 Å². The van der Waals surface area contributed by atoms with Crippen molar-refractivity contribution in [3.63, 3.8) is 0 Å². The van der Waals surface area contributed by atoms with Crippen molar-refractivity contribution in [3.05, 3.63) is 52.2 Å². The smallest absolute Gasteiger partial charge is 0.262 e. The Morgan fingerprint density at radius 3 is 2.80 bits per heavy atom. The highest BCUT2D eigenvalue weighted by atomic mass is 16.5. The highest BCUT2D eigenvalue weighted by Crippen LogP contribution is 2.34. The van der Waals surface area contributed by atoms with Crippen LogP contribution in [-0.2, 0) is 6.54 Å². The number of nitrogens with one attached hydrogen (secondary N) is 1. The average Bonchev–Trinajstić information content (AvgIpc) is 3.48. The molecule has 3 heterocycles. The van der Waals surface area contributed by atoms with Gasteiger partial charge in [-0.15, -0.1) is 0 Å². The van der Waals surface area contributed by atoms with Gasteiger partial charge in [0.15, 0.2) is 5.65 Å². The zero-order valence-electron chi connectivity index (χ0n) is 17.7. The van der Waals surface area contributed by atoms with Crippen LogP contribution in [0, 0.1) is 5.92 Å². The fraction of sp³-hybridized carbons (Fsp3) is 0.522. The summed E-state index contributed by atoms with van der Waals surface area (Å²) in [5.74, 6) is 2.32. The van der Waals surface area contributed by atoms with Crippen LogP contribution in [0.3, 0.4) is 0 Å². The summed E-state index contributed by atoms with van der Waals surface area (Å²) in [6, 6.07) is 8.53. The molecule has 1 saturated heterocycles. The summed E-state index contributed by atoms with van der Waals surface area (Å²) in [4.78, 5) is 23.2. The number of fused-ring (bicyclic) bond motifs is 1. The number of nitrogens with zero attached hydrogens (tertiary/aromatic N) is 4. The lowest BCUT2D eigenvalue weighted by Crippen LogP contribution is -2.22. The lowest BCUT2D eigenvalue weighted by Gasteiger charge is -2.18. The molecule has 1 aromatic carbocycles. The Morgan fingerprint density at radius 2 is 2.00 bits per heavy atom. The van der Waals surface area contributed by atoms with Crippen LogP contribution in [0.1, 0.15) is 56.0 Å². The molecule has 7 nitrogen and oxygen atoms in total. The van der Waals surface area contributed by atoms with Crippen molar-refractivity contribution in [1.29, 1.82) is 0 Å². The van der Waals surface area contributed by atoms with E-state index in [2.05, 4.69) is 28.0 Å². The van der Waals surface area contributed by atoms with Crippen molar-refractivity contribution >= 4 is 11.0 Å².